The van der Waals surface area contributed by atoms with Crippen molar-refractivity contribution in [1.29, 1.82) is 0 Å². The fraction of sp³-hybridized carbons (Fsp3) is 0.842. The Labute approximate surface area is 141 Å². The standard InChI is InChI=1S/C19H27BrO2/c1-18-7-5-12(21)9-11(18)3-4-13-14(18)6-8-19(2)15(13)10-16(20)17(19)22/h3,12-16,21H,4-10H2,1-2H3/t12-,13?,14?,15?,16+,18-,19?/m0/s1. The Kier molecular flexibility index (Phi) is 3.44. The number of alkyl halides is 1. The molecule has 0 aliphatic heterocycles. The van der Waals surface area contributed by atoms with Gasteiger partial charge in [-0.25, -0.2) is 0 Å². The minimum absolute atomic E-state index is 0.0765. The fourth-order valence-corrected chi connectivity index (χ4v) is 7.32. The van der Waals surface area contributed by atoms with Gasteiger partial charge < -0.3 is 5.11 Å². The Balaban J connectivity index is 1.70. The summed E-state index contributed by atoms with van der Waals surface area (Å²) in [5, 5.41) is 10.0. The fourth-order valence-electron chi connectivity index (χ4n) is 6.39. The first-order valence-electron chi connectivity index (χ1n) is 8.92. The van der Waals surface area contributed by atoms with Gasteiger partial charge in [0.2, 0.25) is 0 Å². The largest absolute Gasteiger partial charge is 0.393 e. The van der Waals surface area contributed by atoms with Gasteiger partial charge in [-0.2, -0.15) is 0 Å². The van der Waals surface area contributed by atoms with Crippen LogP contribution < -0.4 is 0 Å². The Morgan fingerprint density at radius 3 is 2.68 bits per heavy atom. The molecule has 0 amide bonds. The van der Waals surface area contributed by atoms with Gasteiger partial charge in [0.25, 0.3) is 0 Å². The van der Waals surface area contributed by atoms with Crippen molar-refractivity contribution in [2.24, 2.45) is 28.6 Å². The summed E-state index contributed by atoms with van der Waals surface area (Å²) in [5.41, 5.74) is 1.69. The van der Waals surface area contributed by atoms with Crippen molar-refractivity contribution in [2.45, 2.75) is 69.7 Å². The molecular weight excluding hydrogens is 340 g/mol. The van der Waals surface area contributed by atoms with Crippen molar-refractivity contribution in [3.63, 3.8) is 0 Å². The second-order valence-corrected chi connectivity index (χ2v) is 9.78. The van der Waals surface area contributed by atoms with E-state index >= 15 is 0 Å². The molecule has 3 heteroatoms. The first-order valence-corrected chi connectivity index (χ1v) is 9.84. The predicted octanol–water partition coefficient (Wildman–Crippen LogP) is 4.25. The number of Topliss-reactive ketones (excluding diaryl/α,β-unsaturated/α-hetero) is 1. The third kappa shape index (κ3) is 1.90. The second kappa shape index (κ2) is 4.92. The average Bonchev–Trinajstić information content (AvgIpc) is 2.72. The van der Waals surface area contributed by atoms with Gasteiger partial charge >= 0.3 is 0 Å². The van der Waals surface area contributed by atoms with Crippen molar-refractivity contribution in [1.82, 2.24) is 0 Å². The number of hydrogen-bond acceptors (Lipinski definition) is 2. The number of aliphatic hydroxyl groups excluding tert-OH is 1. The molecule has 0 saturated heterocycles. The summed E-state index contributed by atoms with van der Waals surface area (Å²) in [6.07, 6.45) is 9.63. The SMILES string of the molecule is CC12CCC3C(CC=C4C[C@@H](O)CC[C@@]43C)C1C[C@@H](Br)C2=O. The molecule has 22 heavy (non-hydrogen) atoms. The number of ketones is 1. The normalized spacial score (nSPS) is 54.3. The number of carbonyl (C=O) groups excluding carboxylic acids is 1. The summed E-state index contributed by atoms with van der Waals surface area (Å²) >= 11 is 3.64. The van der Waals surface area contributed by atoms with Gasteiger partial charge in [0, 0.05) is 5.41 Å². The van der Waals surface area contributed by atoms with Gasteiger partial charge in [-0.1, -0.05) is 41.4 Å². The van der Waals surface area contributed by atoms with Crippen LogP contribution in [0, 0.1) is 28.6 Å². The molecule has 0 aromatic carbocycles. The van der Waals surface area contributed by atoms with Crippen molar-refractivity contribution in [2.75, 3.05) is 0 Å². The molecule has 4 aliphatic rings. The average molecular weight is 367 g/mol. The van der Waals surface area contributed by atoms with Crippen LogP contribution in [0.1, 0.15) is 58.8 Å². The van der Waals surface area contributed by atoms with E-state index in [4.69, 9.17) is 0 Å². The van der Waals surface area contributed by atoms with E-state index in [0.29, 0.717) is 23.5 Å². The first-order chi connectivity index (χ1) is 10.4. The van der Waals surface area contributed by atoms with Gasteiger partial charge in [-0.3, -0.25) is 4.79 Å². The third-order valence-electron chi connectivity index (χ3n) is 7.78. The number of allylic oxidation sites excluding steroid dienone is 1. The molecular formula is C19H27BrO2. The molecule has 4 unspecified atom stereocenters. The molecule has 3 fully saturated rings. The molecule has 0 aromatic rings. The van der Waals surface area contributed by atoms with E-state index in [1.54, 1.807) is 0 Å². The van der Waals surface area contributed by atoms with E-state index in [1.807, 2.05) is 0 Å². The van der Waals surface area contributed by atoms with Crippen molar-refractivity contribution < 1.29 is 9.90 Å². The van der Waals surface area contributed by atoms with Crippen LogP contribution in [0.15, 0.2) is 11.6 Å². The zero-order valence-corrected chi connectivity index (χ0v) is 15.2. The molecule has 0 spiro atoms. The lowest BCUT2D eigenvalue weighted by Crippen LogP contribution is -2.50. The third-order valence-corrected chi connectivity index (χ3v) is 8.57. The summed E-state index contributed by atoms with van der Waals surface area (Å²) in [4.78, 5) is 12.7. The number of carbonyl (C=O) groups is 1. The highest BCUT2D eigenvalue weighted by molar-refractivity contribution is 9.10. The highest BCUT2D eigenvalue weighted by Crippen LogP contribution is 2.64. The lowest BCUT2D eigenvalue weighted by atomic mass is 9.48. The van der Waals surface area contributed by atoms with Gasteiger partial charge in [0.15, 0.2) is 5.78 Å². The molecule has 0 heterocycles. The van der Waals surface area contributed by atoms with E-state index < -0.39 is 0 Å². The smallest absolute Gasteiger partial charge is 0.152 e. The maximum absolute atomic E-state index is 12.6. The van der Waals surface area contributed by atoms with Crippen LogP contribution in [0.5, 0.6) is 0 Å². The molecule has 4 aliphatic carbocycles. The lowest BCUT2D eigenvalue weighted by molar-refractivity contribution is -0.131. The summed E-state index contributed by atoms with van der Waals surface area (Å²) in [6, 6.07) is 0. The molecule has 1 N–H and O–H groups in total. The van der Waals surface area contributed by atoms with Crippen LogP contribution in [0.2, 0.25) is 0 Å². The maximum Gasteiger partial charge on any atom is 0.152 e. The van der Waals surface area contributed by atoms with Gasteiger partial charge in [0.1, 0.15) is 0 Å². The number of aliphatic hydroxyl groups is 1. The first kappa shape index (κ1) is 15.4. The quantitative estimate of drug-likeness (QED) is 0.513. The van der Waals surface area contributed by atoms with Crippen LogP contribution in [0.3, 0.4) is 0 Å². The molecule has 2 nitrogen and oxygen atoms in total. The zero-order valence-electron chi connectivity index (χ0n) is 13.6. The van der Waals surface area contributed by atoms with Crippen LogP contribution in [-0.2, 0) is 4.79 Å². The van der Waals surface area contributed by atoms with Crippen molar-refractivity contribution >= 4 is 21.7 Å². The van der Waals surface area contributed by atoms with Crippen LogP contribution >= 0.6 is 15.9 Å². The summed E-state index contributed by atoms with van der Waals surface area (Å²) in [6.45, 7) is 4.66. The molecule has 4 rings (SSSR count). The van der Waals surface area contributed by atoms with Crippen LogP contribution in [0.25, 0.3) is 0 Å². The Morgan fingerprint density at radius 1 is 1.18 bits per heavy atom. The van der Waals surface area contributed by atoms with E-state index in [9.17, 15) is 9.90 Å². The van der Waals surface area contributed by atoms with Gasteiger partial charge in [-0.15, -0.1) is 0 Å². The van der Waals surface area contributed by atoms with Gasteiger partial charge in [0.05, 0.1) is 10.9 Å². The molecule has 0 radical (unpaired) electrons. The maximum atomic E-state index is 12.6. The lowest BCUT2D eigenvalue weighted by Gasteiger charge is -2.56. The predicted molar refractivity (Wildman–Crippen MR) is 90.8 cm³/mol. The summed E-state index contributed by atoms with van der Waals surface area (Å²) in [5.74, 6) is 2.37. The van der Waals surface area contributed by atoms with E-state index in [0.717, 1.165) is 38.5 Å². The van der Waals surface area contributed by atoms with Crippen LogP contribution in [-0.4, -0.2) is 21.8 Å². The Hall–Kier alpha value is -0.150. The molecule has 3 saturated carbocycles. The second-order valence-electron chi connectivity index (χ2n) is 8.68. The number of hydrogen-bond donors (Lipinski definition) is 1. The van der Waals surface area contributed by atoms with Crippen LogP contribution in [0.4, 0.5) is 0 Å². The summed E-state index contributed by atoms with van der Waals surface area (Å²) in [7, 11) is 0. The van der Waals surface area contributed by atoms with E-state index in [2.05, 4.69) is 35.9 Å². The molecule has 0 bridgehead atoms. The van der Waals surface area contributed by atoms with Crippen molar-refractivity contribution in [3.8, 4) is 0 Å². The number of rotatable bonds is 0. The molecule has 0 aromatic heterocycles. The monoisotopic (exact) mass is 366 g/mol. The summed E-state index contributed by atoms with van der Waals surface area (Å²) < 4.78 is 0. The molecule has 7 atom stereocenters. The minimum Gasteiger partial charge on any atom is -0.393 e. The van der Waals surface area contributed by atoms with Crippen molar-refractivity contribution in [3.05, 3.63) is 11.6 Å². The van der Waals surface area contributed by atoms with E-state index in [1.165, 1.54) is 12.0 Å². The molecule has 122 valence electrons. The zero-order chi connectivity index (χ0) is 15.7. The number of halogens is 1. The Morgan fingerprint density at radius 2 is 1.91 bits per heavy atom. The minimum atomic E-state index is -0.135. The highest BCUT2D eigenvalue weighted by atomic mass is 79.9. The highest BCUT2D eigenvalue weighted by Gasteiger charge is 2.60. The Bertz CT molecular complexity index is 542. The van der Waals surface area contributed by atoms with E-state index in [-0.39, 0.29) is 21.8 Å². The number of fused-ring (bicyclic) bond motifs is 5. The van der Waals surface area contributed by atoms with Gasteiger partial charge in [-0.05, 0) is 68.1 Å². The topological polar surface area (TPSA) is 37.3 Å².